The van der Waals surface area contributed by atoms with Crippen LogP contribution in [0.2, 0.25) is 0 Å². The van der Waals surface area contributed by atoms with Gasteiger partial charge in [-0.3, -0.25) is 0 Å². The summed E-state index contributed by atoms with van der Waals surface area (Å²) in [6, 6.07) is -0.126. The largest absolute Gasteiger partial charge is 0.338 e. The molecule has 0 aliphatic rings. The predicted octanol–water partition coefficient (Wildman–Crippen LogP) is 0.695. The standard InChI is InChI=1S/C6H12N2OS/c1-2-7-6(9)8-4-3-5-10/h5H,2-4H2,1H3,(H2,7,8,9). The normalized spacial score (nSPS) is 8.50. The van der Waals surface area contributed by atoms with Crippen molar-refractivity contribution in [2.75, 3.05) is 13.1 Å². The summed E-state index contributed by atoms with van der Waals surface area (Å²) in [7, 11) is 0. The summed E-state index contributed by atoms with van der Waals surface area (Å²) in [5.41, 5.74) is 0. The Kier molecular flexibility index (Phi) is 6.06. The second kappa shape index (κ2) is 6.48. The molecular weight excluding hydrogens is 148 g/mol. The van der Waals surface area contributed by atoms with Gasteiger partial charge in [0.2, 0.25) is 0 Å². The molecule has 0 radical (unpaired) electrons. The maximum atomic E-state index is 10.6. The third-order valence-corrected chi connectivity index (χ3v) is 1.12. The zero-order chi connectivity index (χ0) is 7.82. The fraction of sp³-hybridized carbons (Fsp3) is 0.667. The molecule has 10 heavy (non-hydrogen) atoms. The number of nitrogens with one attached hydrogen (secondary N) is 2. The Hall–Kier alpha value is -0.640. The Bertz CT molecular complexity index is 116. The predicted molar refractivity (Wildman–Crippen MR) is 45.3 cm³/mol. The smallest absolute Gasteiger partial charge is 0.314 e. The average molecular weight is 160 g/mol. The van der Waals surface area contributed by atoms with Crippen molar-refractivity contribution in [1.29, 1.82) is 0 Å². The van der Waals surface area contributed by atoms with Crippen LogP contribution in [-0.2, 0) is 0 Å². The van der Waals surface area contributed by atoms with Crippen LogP contribution in [0.4, 0.5) is 4.79 Å². The van der Waals surface area contributed by atoms with E-state index in [9.17, 15) is 4.79 Å². The van der Waals surface area contributed by atoms with Gasteiger partial charge in [-0.15, -0.1) is 0 Å². The van der Waals surface area contributed by atoms with Gasteiger partial charge in [-0.05, 0) is 18.7 Å². The van der Waals surface area contributed by atoms with Crippen molar-refractivity contribution >= 4 is 23.6 Å². The Balaban J connectivity index is 3.13. The van der Waals surface area contributed by atoms with Gasteiger partial charge in [-0.25, -0.2) is 4.79 Å². The minimum absolute atomic E-state index is 0.126. The van der Waals surface area contributed by atoms with E-state index in [1.807, 2.05) is 6.92 Å². The van der Waals surface area contributed by atoms with Crippen molar-refractivity contribution in [2.45, 2.75) is 13.3 Å². The van der Waals surface area contributed by atoms with Crippen LogP contribution in [0.1, 0.15) is 13.3 Å². The molecular formula is C6H12N2OS. The molecule has 0 aliphatic carbocycles. The zero-order valence-electron chi connectivity index (χ0n) is 6.02. The Labute approximate surface area is 66.2 Å². The Morgan fingerprint density at radius 2 is 2.30 bits per heavy atom. The zero-order valence-corrected chi connectivity index (χ0v) is 6.83. The Morgan fingerprint density at radius 3 is 2.80 bits per heavy atom. The van der Waals surface area contributed by atoms with Crippen LogP contribution >= 0.6 is 12.2 Å². The highest BCUT2D eigenvalue weighted by Gasteiger charge is 1.92. The lowest BCUT2D eigenvalue weighted by atomic mass is 10.5. The summed E-state index contributed by atoms with van der Waals surface area (Å²) in [5, 5.41) is 6.85. The molecule has 0 fully saturated rings. The van der Waals surface area contributed by atoms with Gasteiger partial charge in [-0.1, -0.05) is 12.2 Å². The lowest BCUT2D eigenvalue weighted by Gasteiger charge is -2.02. The van der Waals surface area contributed by atoms with Crippen LogP contribution in [0.5, 0.6) is 0 Å². The summed E-state index contributed by atoms with van der Waals surface area (Å²) in [6.07, 6.45) is 0.743. The number of amides is 2. The third-order valence-electron chi connectivity index (χ3n) is 0.885. The summed E-state index contributed by atoms with van der Waals surface area (Å²) < 4.78 is 0. The van der Waals surface area contributed by atoms with E-state index in [1.165, 1.54) is 0 Å². The van der Waals surface area contributed by atoms with Crippen LogP contribution in [0, 0.1) is 0 Å². The molecule has 0 unspecified atom stereocenters. The van der Waals surface area contributed by atoms with Crippen LogP contribution in [0.3, 0.4) is 0 Å². The van der Waals surface area contributed by atoms with E-state index in [1.54, 1.807) is 5.37 Å². The minimum atomic E-state index is -0.126. The summed E-state index contributed by atoms with van der Waals surface area (Å²) in [4.78, 5) is 10.6. The summed E-state index contributed by atoms with van der Waals surface area (Å²) in [6.45, 7) is 3.15. The van der Waals surface area contributed by atoms with Crippen molar-refractivity contribution in [2.24, 2.45) is 0 Å². The molecule has 2 amide bonds. The molecule has 0 aromatic carbocycles. The van der Waals surface area contributed by atoms with Gasteiger partial charge in [0.25, 0.3) is 0 Å². The number of urea groups is 1. The van der Waals surface area contributed by atoms with Crippen molar-refractivity contribution in [3.05, 3.63) is 0 Å². The van der Waals surface area contributed by atoms with Gasteiger partial charge in [-0.2, -0.15) is 0 Å². The molecule has 0 rings (SSSR count). The molecule has 0 heterocycles. The monoisotopic (exact) mass is 160 g/mol. The molecule has 0 saturated carbocycles. The van der Waals surface area contributed by atoms with Gasteiger partial charge < -0.3 is 10.6 Å². The fourth-order valence-electron chi connectivity index (χ4n) is 0.468. The van der Waals surface area contributed by atoms with E-state index >= 15 is 0 Å². The lowest BCUT2D eigenvalue weighted by Crippen LogP contribution is -2.35. The number of carbonyl (C=O) groups excluding carboxylic acids is 1. The van der Waals surface area contributed by atoms with Crippen LogP contribution in [0.25, 0.3) is 0 Å². The highest BCUT2D eigenvalue weighted by molar-refractivity contribution is 7.78. The van der Waals surface area contributed by atoms with E-state index in [4.69, 9.17) is 0 Å². The van der Waals surface area contributed by atoms with Crippen molar-refractivity contribution in [3.63, 3.8) is 0 Å². The maximum Gasteiger partial charge on any atom is 0.314 e. The second-order valence-corrected chi connectivity index (χ2v) is 2.07. The van der Waals surface area contributed by atoms with Crippen molar-refractivity contribution in [3.8, 4) is 0 Å². The molecule has 0 bridgehead atoms. The summed E-state index contributed by atoms with van der Waals surface area (Å²) >= 11 is 4.57. The highest BCUT2D eigenvalue weighted by atomic mass is 32.1. The first kappa shape index (κ1) is 9.36. The fourth-order valence-corrected chi connectivity index (χ4v) is 0.586. The van der Waals surface area contributed by atoms with Gasteiger partial charge in [0.05, 0.1) is 0 Å². The molecule has 3 nitrogen and oxygen atoms in total. The third kappa shape index (κ3) is 5.50. The van der Waals surface area contributed by atoms with Crippen molar-refractivity contribution in [1.82, 2.24) is 10.6 Å². The van der Waals surface area contributed by atoms with E-state index in [0.717, 1.165) is 6.42 Å². The summed E-state index contributed by atoms with van der Waals surface area (Å²) in [5.74, 6) is 0. The number of carbonyl (C=O) groups is 1. The molecule has 4 heteroatoms. The van der Waals surface area contributed by atoms with Gasteiger partial charge in [0, 0.05) is 13.1 Å². The Morgan fingerprint density at radius 1 is 1.60 bits per heavy atom. The average Bonchev–Trinajstić information content (AvgIpc) is 1.89. The van der Waals surface area contributed by atoms with E-state index < -0.39 is 0 Å². The maximum absolute atomic E-state index is 10.6. The van der Waals surface area contributed by atoms with Crippen molar-refractivity contribution < 1.29 is 4.79 Å². The van der Waals surface area contributed by atoms with E-state index in [0.29, 0.717) is 13.1 Å². The van der Waals surface area contributed by atoms with Gasteiger partial charge >= 0.3 is 6.03 Å². The lowest BCUT2D eigenvalue weighted by molar-refractivity contribution is 0.242. The quantitative estimate of drug-likeness (QED) is 0.469. The first-order valence-corrected chi connectivity index (χ1v) is 3.73. The van der Waals surface area contributed by atoms with Crippen LogP contribution in [-0.4, -0.2) is 24.5 Å². The first-order valence-electron chi connectivity index (χ1n) is 3.26. The highest BCUT2D eigenvalue weighted by Crippen LogP contribution is 1.70. The van der Waals surface area contributed by atoms with E-state index in [-0.39, 0.29) is 6.03 Å². The van der Waals surface area contributed by atoms with Gasteiger partial charge in [0.15, 0.2) is 0 Å². The van der Waals surface area contributed by atoms with E-state index in [2.05, 4.69) is 22.9 Å². The minimum Gasteiger partial charge on any atom is -0.338 e. The van der Waals surface area contributed by atoms with Crippen LogP contribution < -0.4 is 10.6 Å². The molecule has 0 aromatic rings. The molecule has 0 saturated heterocycles. The number of hydrogen-bond donors (Lipinski definition) is 2. The molecule has 0 aromatic heterocycles. The molecule has 58 valence electrons. The second-order valence-electron chi connectivity index (χ2n) is 1.74. The number of rotatable bonds is 4. The van der Waals surface area contributed by atoms with Gasteiger partial charge in [0.1, 0.15) is 0 Å². The molecule has 2 N–H and O–H groups in total. The topological polar surface area (TPSA) is 41.1 Å². The number of thiocarbonyl (C=S) groups is 1. The molecule has 0 aliphatic heterocycles. The first-order chi connectivity index (χ1) is 4.81. The number of hydrogen-bond acceptors (Lipinski definition) is 2. The molecule has 0 spiro atoms. The van der Waals surface area contributed by atoms with Crippen LogP contribution in [0.15, 0.2) is 0 Å². The SMILES string of the molecule is CCNC(=O)NCCC=S. The molecule has 0 atom stereocenters.